The lowest BCUT2D eigenvalue weighted by Gasteiger charge is -2.39. The molecule has 1 aliphatic carbocycles. The second-order valence-corrected chi connectivity index (χ2v) is 6.40. The Hall–Kier alpha value is -2.20. The lowest BCUT2D eigenvalue weighted by Crippen LogP contribution is -2.53. The Bertz CT molecular complexity index is 773. The monoisotopic (exact) mass is 370 g/mol. The fourth-order valence-electron chi connectivity index (χ4n) is 3.48. The van der Waals surface area contributed by atoms with Gasteiger partial charge in [0.25, 0.3) is 5.91 Å². The zero-order chi connectivity index (χ0) is 18.5. The van der Waals surface area contributed by atoms with Gasteiger partial charge < -0.3 is 18.9 Å². The molecule has 0 saturated carbocycles. The number of rotatable bonds is 1. The first-order chi connectivity index (χ1) is 12.4. The number of fused-ring (bicyclic) bond motifs is 2. The van der Waals surface area contributed by atoms with E-state index >= 15 is 0 Å². The molecule has 1 saturated heterocycles. The summed E-state index contributed by atoms with van der Waals surface area (Å²) in [6.45, 7) is 1.84. The first-order valence-corrected chi connectivity index (χ1v) is 8.29. The van der Waals surface area contributed by atoms with Gasteiger partial charge >= 0.3 is 6.18 Å². The van der Waals surface area contributed by atoms with E-state index < -0.39 is 24.1 Å². The van der Waals surface area contributed by atoms with Crippen LogP contribution < -0.4 is 0 Å². The maximum absolute atomic E-state index is 13.0. The van der Waals surface area contributed by atoms with Gasteiger partial charge in [0.1, 0.15) is 12.2 Å². The average Bonchev–Trinajstić information content (AvgIpc) is 3.06. The number of carbonyl (C=O) groups excluding carboxylic acids is 1. The predicted molar refractivity (Wildman–Crippen MR) is 81.8 cm³/mol. The predicted octanol–water partition coefficient (Wildman–Crippen LogP) is 1.48. The van der Waals surface area contributed by atoms with Crippen molar-refractivity contribution in [3.63, 3.8) is 0 Å². The summed E-state index contributed by atoms with van der Waals surface area (Å²) in [6.07, 6.45) is 1.40. The van der Waals surface area contributed by atoms with Crippen molar-refractivity contribution in [1.82, 2.24) is 19.7 Å². The van der Waals surface area contributed by atoms with Gasteiger partial charge in [-0.25, -0.2) is 0 Å². The van der Waals surface area contributed by atoms with Crippen LogP contribution in [0, 0.1) is 0 Å². The molecule has 0 aromatic carbocycles. The molecule has 0 N–H and O–H groups in total. The lowest BCUT2D eigenvalue weighted by molar-refractivity contribution is -0.179. The average molecular weight is 370 g/mol. The zero-order valence-electron chi connectivity index (χ0n) is 13.9. The highest BCUT2D eigenvalue weighted by Crippen LogP contribution is 2.33. The van der Waals surface area contributed by atoms with Crippen LogP contribution in [0.1, 0.15) is 24.6 Å². The van der Waals surface area contributed by atoms with Gasteiger partial charge in [-0.05, 0) is 6.92 Å². The Labute approximate surface area is 147 Å². The van der Waals surface area contributed by atoms with Crippen molar-refractivity contribution in [1.29, 1.82) is 0 Å². The summed E-state index contributed by atoms with van der Waals surface area (Å²) in [6, 6.07) is -0.636. The van der Waals surface area contributed by atoms with Crippen molar-refractivity contribution in [2.45, 2.75) is 44.0 Å². The van der Waals surface area contributed by atoms with Gasteiger partial charge in [-0.1, -0.05) is 24.3 Å². The summed E-state index contributed by atoms with van der Waals surface area (Å²) in [5.74, 6) is -1.24. The summed E-state index contributed by atoms with van der Waals surface area (Å²) in [5, 5.41) is 6.91. The van der Waals surface area contributed by atoms with Crippen molar-refractivity contribution >= 4 is 5.91 Å². The van der Waals surface area contributed by atoms with Crippen LogP contribution in [0.5, 0.6) is 0 Å². The largest absolute Gasteiger partial charge is 0.451 e. The van der Waals surface area contributed by atoms with Crippen LogP contribution in [-0.4, -0.2) is 57.0 Å². The van der Waals surface area contributed by atoms with Crippen molar-refractivity contribution < 1.29 is 27.4 Å². The van der Waals surface area contributed by atoms with Crippen LogP contribution in [0.2, 0.25) is 0 Å². The van der Waals surface area contributed by atoms with Gasteiger partial charge in [-0.3, -0.25) is 4.79 Å². The molecule has 1 amide bonds. The Balaban J connectivity index is 1.51. The van der Waals surface area contributed by atoms with E-state index in [-0.39, 0.29) is 43.6 Å². The Morgan fingerprint density at radius 1 is 1.19 bits per heavy atom. The molecule has 4 rings (SSSR count). The van der Waals surface area contributed by atoms with E-state index in [9.17, 15) is 18.0 Å². The molecule has 1 aromatic rings. The molecule has 2 aliphatic heterocycles. The van der Waals surface area contributed by atoms with Gasteiger partial charge in [0.15, 0.2) is 11.9 Å². The molecule has 7 nitrogen and oxygen atoms in total. The maximum atomic E-state index is 13.0. The summed E-state index contributed by atoms with van der Waals surface area (Å²) in [5.41, 5.74) is 0. The normalized spacial score (nSPS) is 30.8. The molecule has 4 unspecified atom stereocenters. The summed E-state index contributed by atoms with van der Waals surface area (Å²) in [4.78, 5) is 14.3. The molecule has 3 heterocycles. The zero-order valence-corrected chi connectivity index (χ0v) is 13.9. The van der Waals surface area contributed by atoms with Crippen LogP contribution >= 0.6 is 0 Å². The third kappa shape index (κ3) is 2.82. The van der Waals surface area contributed by atoms with E-state index in [0.29, 0.717) is 0 Å². The highest BCUT2D eigenvalue weighted by molar-refractivity contribution is 5.81. The molecule has 1 aromatic heterocycles. The minimum Gasteiger partial charge on any atom is -0.368 e. The van der Waals surface area contributed by atoms with Crippen LogP contribution in [0.3, 0.4) is 0 Å². The minimum absolute atomic E-state index is 0.0183. The van der Waals surface area contributed by atoms with Crippen LogP contribution in [0.25, 0.3) is 0 Å². The summed E-state index contributed by atoms with van der Waals surface area (Å²) in [7, 11) is 0. The fourth-order valence-corrected chi connectivity index (χ4v) is 3.48. The molecule has 26 heavy (non-hydrogen) atoms. The van der Waals surface area contributed by atoms with Crippen molar-refractivity contribution in [3.05, 3.63) is 36.0 Å². The molecule has 3 aliphatic rings. The quantitative estimate of drug-likeness (QED) is 0.749. The van der Waals surface area contributed by atoms with Crippen LogP contribution in [-0.2, 0) is 27.0 Å². The van der Waals surface area contributed by atoms with Crippen LogP contribution in [0.4, 0.5) is 13.2 Å². The Morgan fingerprint density at radius 2 is 1.92 bits per heavy atom. The number of hydrogen-bond acceptors (Lipinski definition) is 5. The van der Waals surface area contributed by atoms with Gasteiger partial charge in [0.05, 0.1) is 12.6 Å². The second kappa shape index (κ2) is 6.20. The highest BCUT2D eigenvalue weighted by Gasteiger charge is 2.43. The molecular weight excluding hydrogens is 353 g/mol. The number of carbonyl (C=O) groups is 1. The van der Waals surface area contributed by atoms with Gasteiger partial charge in [0, 0.05) is 13.1 Å². The molecule has 4 atom stereocenters. The second-order valence-electron chi connectivity index (χ2n) is 6.40. The lowest BCUT2D eigenvalue weighted by atomic mass is 10.1. The number of alkyl halides is 3. The number of amides is 1. The fraction of sp³-hybridized carbons (Fsp3) is 0.562. The SMILES string of the molecule is CC1c2nnc(C(F)(F)F)n2CCN1C(=O)C1COC2C=CC=CC2O1. The van der Waals surface area contributed by atoms with Crippen LogP contribution in [0.15, 0.2) is 24.3 Å². The number of halogens is 3. The first-order valence-electron chi connectivity index (χ1n) is 8.29. The smallest absolute Gasteiger partial charge is 0.368 e. The van der Waals surface area contributed by atoms with Gasteiger partial charge in [-0.2, -0.15) is 13.2 Å². The number of aromatic nitrogens is 3. The number of nitrogens with zero attached hydrogens (tertiary/aromatic N) is 4. The highest BCUT2D eigenvalue weighted by atomic mass is 19.4. The molecule has 0 bridgehead atoms. The molecule has 10 heteroatoms. The van der Waals surface area contributed by atoms with Gasteiger partial charge in [-0.15, -0.1) is 10.2 Å². The Kier molecular flexibility index (Phi) is 4.11. The van der Waals surface area contributed by atoms with E-state index in [2.05, 4.69) is 10.2 Å². The topological polar surface area (TPSA) is 69.5 Å². The third-order valence-electron chi connectivity index (χ3n) is 4.80. The molecule has 0 spiro atoms. The molecule has 140 valence electrons. The first kappa shape index (κ1) is 17.2. The number of allylic oxidation sites excluding steroid dienone is 2. The van der Waals surface area contributed by atoms with E-state index in [1.165, 1.54) is 4.90 Å². The number of hydrogen-bond donors (Lipinski definition) is 0. The van der Waals surface area contributed by atoms with E-state index in [0.717, 1.165) is 4.57 Å². The number of ether oxygens (including phenoxy) is 2. The summed E-state index contributed by atoms with van der Waals surface area (Å²) >= 11 is 0. The summed E-state index contributed by atoms with van der Waals surface area (Å²) < 4.78 is 51.5. The van der Waals surface area contributed by atoms with Crippen molar-refractivity contribution in [2.24, 2.45) is 0 Å². The van der Waals surface area contributed by atoms with E-state index in [1.807, 2.05) is 24.3 Å². The van der Waals surface area contributed by atoms with E-state index in [4.69, 9.17) is 9.47 Å². The standard InChI is InChI=1S/C16H17F3N4O3/c1-9-13-20-21-15(16(17,18)19)23(13)7-6-22(9)14(24)12-8-25-10-4-2-3-5-11(10)26-12/h2-5,9-12H,6-8H2,1H3. The Morgan fingerprint density at radius 3 is 2.65 bits per heavy atom. The van der Waals surface area contributed by atoms with E-state index in [1.54, 1.807) is 6.92 Å². The van der Waals surface area contributed by atoms with Gasteiger partial charge in [0.2, 0.25) is 5.82 Å². The molecule has 0 radical (unpaired) electrons. The third-order valence-corrected chi connectivity index (χ3v) is 4.80. The molecular formula is C16H17F3N4O3. The van der Waals surface area contributed by atoms with Crippen molar-refractivity contribution in [3.8, 4) is 0 Å². The van der Waals surface area contributed by atoms with Crippen molar-refractivity contribution in [2.75, 3.05) is 13.2 Å². The molecule has 1 fully saturated rings. The minimum atomic E-state index is -4.58. The maximum Gasteiger partial charge on any atom is 0.451 e.